The molecule has 0 unspecified atom stereocenters. The van der Waals surface area contributed by atoms with E-state index in [1.54, 1.807) is 7.11 Å². The summed E-state index contributed by atoms with van der Waals surface area (Å²) in [6.45, 7) is 2.19. The monoisotopic (exact) mass is 306 g/mol. The predicted octanol–water partition coefficient (Wildman–Crippen LogP) is 2.30. The summed E-state index contributed by atoms with van der Waals surface area (Å²) in [7, 11) is 1.68. The summed E-state index contributed by atoms with van der Waals surface area (Å²) >= 11 is 2.79. The van der Waals surface area contributed by atoms with Crippen LogP contribution in [0.15, 0.2) is 33.8 Å². The third-order valence-electron chi connectivity index (χ3n) is 2.51. The molecule has 1 aromatic carbocycles. The van der Waals surface area contributed by atoms with E-state index in [-0.39, 0.29) is 0 Å². The van der Waals surface area contributed by atoms with Crippen molar-refractivity contribution in [1.82, 2.24) is 14.7 Å². The lowest BCUT2D eigenvalue weighted by molar-refractivity contribution is 0.199. The molecule has 1 aromatic heterocycles. The van der Waals surface area contributed by atoms with Crippen molar-refractivity contribution in [3.8, 4) is 6.07 Å². The number of hydrogen-bond acceptors (Lipinski definition) is 7. The van der Waals surface area contributed by atoms with Gasteiger partial charge >= 0.3 is 0 Å². The molecule has 0 aliphatic carbocycles. The van der Waals surface area contributed by atoms with Gasteiger partial charge in [-0.3, -0.25) is 0 Å². The molecule has 0 atom stereocenters. The van der Waals surface area contributed by atoms with Gasteiger partial charge in [0.05, 0.1) is 12.2 Å². The van der Waals surface area contributed by atoms with E-state index in [1.807, 2.05) is 18.2 Å². The maximum atomic E-state index is 9.24. The van der Waals surface area contributed by atoms with Crippen LogP contribution in [0, 0.1) is 11.3 Å². The van der Waals surface area contributed by atoms with Crippen molar-refractivity contribution >= 4 is 23.3 Å². The van der Waals surface area contributed by atoms with Gasteiger partial charge in [-0.2, -0.15) is 9.64 Å². The summed E-state index contributed by atoms with van der Waals surface area (Å²) in [6, 6.07) is 8.11. The summed E-state index contributed by atoms with van der Waals surface area (Å²) < 4.78 is 9.77. The van der Waals surface area contributed by atoms with Gasteiger partial charge in [-0.05, 0) is 29.2 Å². The van der Waals surface area contributed by atoms with E-state index in [9.17, 15) is 5.26 Å². The average Bonchev–Trinajstić information content (AvgIpc) is 2.98. The predicted molar refractivity (Wildman–Crippen MR) is 78.8 cm³/mol. The minimum absolute atomic E-state index is 0.663. The highest BCUT2D eigenvalue weighted by Gasteiger charge is 2.07. The summed E-state index contributed by atoms with van der Waals surface area (Å²) in [6.07, 6.45) is 1.52. The Labute approximate surface area is 126 Å². The molecule has 0 aliphatic heterocycles. The van der Waals surface area contributed by atoms with E-state index in [4.69, 9.17) is 4.74 Å². The molecule has 0 spiro atoms. The van der Waals surface area contributed by atoms with Gasteiger partial charge in [-0.25, -0.2) is 4.98 Å². The maximum absolute atomic E-state index is 9.24. The molecule has 0 saturated heterocycles. The van der Waals surface area contributed by atoms with Gasteiger partial charge in [-0.15, -0.1) is 0 Å². The molecule has 0 amide bonds. The number of hydrogen-bond donors (Lipinski definition) is 1. The van der Waals surface area contributed by atoms with E-state index in [0.717, 1.165) is 27.9 Å². The molecule has 20 heavy (non-hydrogen) atoms. The Kier molecular flexibility index (Phi) is 5.95. The molecule has 5 nitrogen and oxygen atoms in total. The molecule has 104 valence electrons. The van der Waals surface area contributed by atoms with Crippen LogP contribution in [0.3, 0.4) is 0 Å². The van der Waals surface area contributed by atoms with Gasteiger partial charge in [0.15, 0.2) is 4.34 Å². The molecule has 2 rings (SSSR count). The van der Waals surface area contributed by atoms with Crippen LogP contribution in [0.1, 0.15) is 11.1 Å². The third kappa shape index (κ3) is 4.28. The van der Waals surface area contributed by atoms with Crippen molar-refractivity contribution in [1.29, 1.82) is 5.26 Å². The summed E-state index contributed by atoms with van der Waals surface area (Å²) in [4.78, 5) is 5.02. The van der Waals surface area contributed by atoms with Gasteiger partial charge in [-0.1, -0.05) is 17.8 Å². The molecule has 1 N–H and O–H groups in total. The van der Waals surface area contributed by atoms with Crippen LogP contribution in [-0.4, -0.2) is 29.6 Å². The molecule has 0 saturated carbocycles. The van der Waals surface area contributed by atoms with Crippen molar-refractivity contribution in [2.75, 3.05) is 20.3 Å². The maximum Gasteiger partial charge on any atom is 0.174 e. The Morgan fingerprint density at radius 2 is 2.40 bits per heavy atom. The number of benzene rings is 1. The Morgan fingerprint density at radius 3 is 3.10 bits per heavy atom. The number of methoxy groups -OCH3 is 1. The minimum Gasteiger partial charge on any atom is -0.383 e. The molecule has 7 heteroatoms. The first kappa shape index (κ1) is 14.9. The van der Waals surface area contributed by atoms with Gasteiger partial charge in [0.25, 0.3) is 0 Å². The Hall–Kier alpha value is -1.46. The van der Waals surface area contributed by atoms with Gasteiger partial charge in [0.1, 0.15) is 12.4 Å². The first-order chi connectivity index (χ1) is 9.83. The van der Waals surface area contributed by atoms with Crippen LogP contribution in [0.2, 0.25) is 0 Å². The molecule has 1 heterocycles. The van der Waals surface area contributed by atoms with Crippen LogP contribution in [0.4, 0.5) is 0 Å². The highest BCUT2D eigenvalue weighted by molar-refractivity contribution is 8.01. The number of ether oxygens (including phenoxy) is 1. The first-order valence-corrected chi connectivity index (χ1v) is 7.59. The number of nitrogens with zero attached hydrogens (tertiary/aromatic N) is 3. The second kappa shape index (κ2) is 7.97. The third-order valence-corrected chi connectivity index (χ3v) is 4.31. The standard InChI is InChI=1S/C13H14N4OS2/c1-18-5-4-15-8-10-2-3-12(11(6-10)7-14)19-13-16-9-17-20-13/h2-3,6,9,15H,4-5,8H2,1H3. The minimum atomic E-state index is 0.663. The normalized spacial score (nSPS) is 10.4. The fourth-order valence-corrected chi connectivity index (χ4v) is 3.04. The molecule has 0 radical (unpaired) electrons. The highest BCUT2D eigenvalue weighted by atomic mass is 32.2. The average molecular weight is 306 g/mol. The number of nitriles is 1. The van der Waals surface area contributed by atoms with Crippen molar-refractivity contribution in [3.05, 3.63) is 35.7 Å². The van der Waals surface area contributed by atoms with Crippen LogP contribution in [-0.2, 0) is 11.3 Å². The zero-order valence-electron chi connectivity index (χ0n) is 11.0. The highest BCUT2D eigenvalue weighted by Crippen LogP contribution is 2.31. The van der Waals surface area contributed by atoms with Gasteiger partial charge in [0.2, 0.25) is 0 Å². The van der Waals surface area contributed by atoms with Crippen molar-refractivity contribution < 1.29 is 4.74 Å². The second-order valence-electron chi connectivity index (χ2n) is 3.92. The molecule has 0 aliphatic rings. The van der Waals surface area contributed by atoms with Crippen LogP contribution < -0.4 is 5.32 Å². The van der Waals surface area contributed by atoms with E-state index in [2.05, 4.69) is 20.7 Å². The molecule has 0 fully saturated rings. The van der Waals surface area contributed by atoms with Crippen molar-refractivity contribution in [2.24, 2.45) is 0 Å². The zero-order valence-corrected chi connectivity index (χ0v) is 12.6. The Bertz CT molecular complexity index is 581. The number of nitrogens with one attached hydrogen (secondary N) is 1. The number of rotatable bonds is 7. The van der Waals surface area contributed by atoms with Crippen molar-refractivity contribution in [2.45, 2.75) is 15.8 Å². The fourth-order valence-electron chi connectivity index (χ4n) is 1.57. The summed E-state index contributed by atoms with van der Waals surface area (Å²) in [5, 5.41) is 12.5. The molecular weight excluding hydrogens is 292 g/mol. The van der Waals surface area contributed by atoms with E-state index in [0.29, 0.717) is 12.2 Å². The quantitative estimate of drug-likeness (QED) is 0.791. The van der Waals surface area contributed by atoms with Crippen LogP contribution >= 0.6 is 23.3 Å². The second-order valence-corrected chi connectivity index (χ2v) is 5.99. The van der Waals surface area contributed by atoms with E-state index < -0.39 is 0 Å². The fraction of sp³-hybridized carbons (Fsp3) is 0.308. The number of aromatic nitrogens is 2. The van der Waals surface area contributed by atoms with Crippen LogP contribution in [0.25, 0.3) is 0 Å². The lowest BCUT2D eigenvalue weighted by atomic mass is 10.1. The topological polar surface area (TPSA) is 70.8 Å². The SMILES string of the molecule is COCCNCc1ccc(Sc2ncns2)c(C#N)c1. The van der Waals surface area contributed by atoms with Gasteiger partial charge in [0, 0.05) is 25.1 Å². The Morgan fingerprint density at radius 1 is 1.50 bits per heavy atom. The Balaban J connectivity index is 2.02. The van der Waals surface area contributed by atoms with Crippen LogP contribution in [0.5, 0.6) is 0 Å². The van der Waals surface area contributed by atoms with E-state index >= 15 is 0 Å². The summed E-state index contributed by atoms with van der Waals surface area (Å²) in [5.41, 5.74) is 1.75. The largest absolute Gasteiger partial charge is 0.383 e. The molecule has 2 aromatic rings. The zero-order chi connectivity index (χ0) is 14.2. The van der Waals surface area contributed by atoms with Gasteiger partial charge < -0.3 is 10.1 Å². The lowest BCUT2D eigenvalue weighted by Crippen LogP contribution is -2.18. The first-order valence-electron chi connectivity index (χ1n) is 6.00. The smallest absolute Gasteiger partial charge is 0.174 e. The summed E-state index contributed by atoms with van der Waals surface area (Å²) in [5.74, 6) is 0. The van der Waals surface area contributed by atoms with E-state index in [1.165, 1.54) is 29.6 Å². The lowest BCUT2D eigenvalue weighted by Gasteiger charge is -2.07. The molecular formula is C13H14N4OS2. The van der Waals surface area contributed by atoms with Crippen molar-refractivity contribution in [3.63, 3.8) is 0 Å². The molecule has 0 bridgehead atoms.